The van der Waals surface area contributed by atoms with Gasteiger partial charge in [0, 0.05) is 24.9 Å². The highest BCUT2D eigenvalue weighted by Crippen LogP contribution is 2.15. The molecule has 1 amide bonds. The highest BCUT2D eigenvalue weighted by Gasteiger charge is 2.08. The summed E-state index contributed by atoms with van der Waals surface area (Å²) in [5.74, 6) is -0.148. The van der Waals surface area contributed by atoms with E-state index in [0.29, 0.717) is 18.7 Å². The number of carbonyl (C=O) groups excluding carboxylic acids is 1. The Morgan fingerprint density at radius 2 is 2.06 bits per heavy atom. The summed E-state index contributed by atoms with van der Waals surface area (Å²) in [4.78, 5) is 11.6. The van der Waals surface area contributed by atoms with Crippen LogP contribution in [-0.4, -0.2) is 34.2 Å². The number of sulfone groups is 1. The molecule has 0 heterocycles. The number of benzene rings is 1. The van der Waals surface area contributed by atoms with Gasteiger partial charge in [0.1, 0.15) is 0 Å². The minimum absolute atomic E-state index is 0.148. The Bertz CT molecular complexity index is 497. The Kier molecular flexibility index (Phi) is 4.65. The lowest BCUT2D eigenvalue weighted by molar-refractivity contribution is -0.116. The molecule has 0 aliphatic carbocycles. The van der Waals surface area contributed by atoms with E-state index >= 15 is 0 Å². The molecule has 0 saturated heterocycles. The fourth-order valence-corrected chi connectivity index (χ4v) is 1.93. The average Bonchev–Trinajstić information content (AvgIpc) is 2.25. The molecule has 0 aliphatic rings. The smallest absolute Gasteiger partial charge is 0.225 e. The van der Waals surface area contributed by atoms with Crippen LogP contribution in [0.5, 0.6) is 0 Å². The van der Waals surface area contributed by atoms with Crippen LogP contribution >= 0.6 is 0 Å². The third-order valence-corrected chi connectivity index (χ3v) is 3.26. The number of anilines is 1. The molecule has 5 nitrogen and oxygen atoms in total. The highest BCUT2D eigenvalue weighted by molar-refractivity contribution is 7.90. The van der Waals surface area contributed by atoms with Crippen molar-refractivity contribution in [3.63, 3.8) is 0 Å². The molecule has 0 spiro atoms. The second-order valence-corrected chi connectivity index (χ2v) is 5.72. The second kappa shape index (κ2) is 5.79. The largest absolute Gasteiger partial charge is 0.326 e. The van der Waals surface area contributed by atoms with Gasteiger partial charge in [-0.15, -0.1) is 0 Å². The Morgan fingerprint density at radius 3 is 2.65 bits per heavy atom. The van der Waals surface area contributed by atoms with Crippen molar-refractivity contribution in [1.29, 1.82) is 0 Å². The summed E-state index contributed by atoms with van der Waals surface area (Å²) in [5, 5.41) is 5.51. The molecule has 0 atom stereocenters. The molecule has 2 N–H and O–H groups in total. The molecule has 0 unspecified atom stereocenters. The summed E-state index contributed by atoms with van der Waals surface area (Å²) in [6.45, 7) is 0.581. The van der Waals surface area contributed by atoms with E-state index in [0.717, 1.165) is 6.26 Å². The summed E-state index contributed by atoms with van der Waals surface area (Å²) < 4.78 is 22.6. The first kappa shape index (κ1) is 13.7. The first-order chi connectivity index (χ1) is 7.93. The molecule has 0 aliphatic heterocycles. The highest BCUT2D eigenvalue weighted by atomic mass is 32.2. The molecule has 0 saturated carbocycles. The van der Waals surface area contributed by atoms with Crippen molar-refractivity contribution in [3.05, 3.63) is 24.3 Å². The van der Waals surface area contributed by atoms with E-state index in [1.807, 2.05) is 0 Å². The number of hydrogen-bond acceptors (Lipinski definition) is 4. The van der Waals surface area contributed by atoms with Crippen LogP contribution in [0.15, 0.2) is 29.2 Å². The van der Waals surface area contributed by atoms with Gasteiger partial charge in [-0.1, -0.05) is 6.07 Å². The van der Waals surface area contributed by atoms with Gasteiger partial charge in [-0.05, 0) is 25.2 Å². The molecule has 0 bridgehead atoms. The van der Waals surface area contributed by atoms with Crippen molar-refractivity contribution < 1.29 is 13.2 Å². The van der Waals surface area contributed by atoms with Crippen molar-refractivity contribution >= 4 is 21.4 Å². The SMILES string of the molecule is CNCCC(=O)Nc1cccc(S(C)(=O)=O)c1. The van der Waals surface area contributed by atoms with E-state index < -0.39 is 9.84 Å². The molecule has 17 heavy (non-hydrogen) atoms. The second-order valence-electron chi connectivity index (χ2n) is 3.70. The van der Waals surface area contributed by atoms with Gasteiger partial charge in [0.05, 0.1) is 4.90 Å². The van der Waals surface area contributed by atoms with E-state index in [9.17, 15) is 13.2 Å². The topological polar surface area (TPSA) is 75.3 Å². The molecular weight excluding hydrogens is 240 g/mol. The van der Waals surface area contributed by atoms with E-state index in [1.165, 1.54) is 12.1 Å². The third-order valence-electron chi connectivity index (χ3n) is 2.15. The molecule has 1 rings (SSSR count). The van der Waals surface area contributed by atoms with Crippen LogP contribution in [0.1, 0.15) is 6.42 Å². The summed E-state index contributed by atoms with van der Waals surface area (Å²) in [7, 11) is -1.48. The van der Waals surface area contributed by atoms with Crippen LogP contribution < -0.4 is 10.6 Å². The van der Waals surface area contributed by atoms with E-state index in [2.05, 4.69) is 10.6 Å². The van der Waals surface area contributed by atoms with Crippen molar-refractivity contribution in [3.8, 4) is 0 Å². The lowest BCUT2D eigenvalue weighted by atomic mass is 10.3. The summed E-state index contributed by atoms with van der Waals surface area (Å²) in [6, 6.07) is 6.21. The summed E-state index contributed by atoms with van der Waals surface area (Å²) in [5.41, 5.74) is 0.494. The minimum atomic E-state index is -3.24. The maximum absolute atomic E-state index is 11.4. The van der Waals surface area contributed by atoms with Crippen LogP contribution in [0, 0.1) is 0 Å². The average molecular weight is 256 g/mol. The Morgan fingerprint density at radius 1 is 1.35 bits per heavy atom. The zero-order chi connectivity index (χ0) is 12.9. The van der Waals surface area contributed by atoms with Crippen LogP contribution in [0.4, 0.5) is 5.69 Å². The standard InChI is InChI=1S/C11H16N2O3S/c1-12-7-6-11(14)13-9-4-3-5-10(8-9)17(2,15)16/h3-5,8,12H,6-7H2,1-2H3,(H,13,14). The van der Waals surface area contributed by atoms with Gasteiger partial charge in [0.25, 0.3) is 0 Å². The van der Waals surface area contributed by atoms with Gasteiger partial charge in [-0.2, -0.15) is 0 Å². The van der Waals surface area contributed by atoms with E-state index in [4.69, 9.17) is 0 Å². The van der Waals surface area contributed by atoms with Gasteiger partial charge in [-0.3, -0.25) is 4.79 Å². The molecule has 0 aromatic heterocycles. The lowest BCUT2D eigenvalue weighted by Crippen LogP contribution is -2.18. The number of nitrogens with one attached hydrogen (secondary N) is 2. The number of rotatable bonds is 5. The summed E-state index contributed by atoms with van der Waals surface area (Å²) in [6.07, 6.45) is 1.48. The normalized spacial score (nSPS) is 11.2. The number of carbonyl (C=O) groups is 1. The van der Waals surface area contributed by atoms with Gasteiger partial charge in [0.2, 0.25) is 5.91 Å². The first-order valence-corrected chi connectivity index (χ1v) is 7.07. The minimum Gasteiger partial charge on any atom is -0.326 e. The predicted molar refractivity (Wildman–Crippen MR) is 66.7 cm³/mol. The Labute approximate surface area is 101 Å². The van der Waals surface area contributed by atoms with Crippen LogP contribution in [0.2, 0.25) is 0 Å². The van der Waals surface area contributed by atoms with Crippen LogP contribution in [0.25, 0.3) is 0 Å². The van der Waals surface area contributed by atoms with Crippen LogP contribution in [0.3, 0.4) is 0 Å². The van der Waals surface area contributed by atoms with Crippen LogP contribution in [-0.2, 0) is 14.6 Å². The Hall–Kier alpha value is -1.40. The van der Waals surface area contributed by atoms with Gasteiger partial charge < -0.3 is 10.6 Å². The van der Waals surface area contributed by atoms with Crippen molar-refractivity contribution in [2.75, 3.05) is 25.2 Å². The third kappa shape index (κ3) is 4.54. The zero-order valence-corrected chi connectivity index (χ0v) is 10.7. The molecular formula is C11H16N2O3S. The quantitative estimate of drug-likeness (QED) is 0.810. The molecule has 1 aromatic carbocycles. The number of amides is 1. The molecule has 0 fully saturated rings. The monoisotopic (exact) mass is 256 g/mol. The maximum Gasteiger partial charge on any atom is 0.225 e. The van der Waals surface area contributed by atoms with Gasteiger partial charge in [0.15, 0.2) is 9.84 Å². The fraction of sp³-hybridized carbons (Fsp3) is 0.364. The van der Waals surface area contributed by atoms with Crippen molar-refractivity contribution in [1.82, 2.24) is 5.32 Å². The Balaban J connectivity index is 2.76. The van der Waals surface area contributed by atoms with Crippen molar-refractivity contribution in [2.45, 2.75) is 11.3 Å². The first-order valence-electron chi connectivity index (χ1n) is 5.18. The van der Waals surface area contributed by atoms with E-state index in [1.54, 1.807) is 19.2 Å². The maximum atomic E-state index is 11.4. The molecule has 6 heteroatoms. The fourth-order valence-electron chi connectivity index (χ4n) is 1.27. The van der Waals surface area contributed by atoms with Crippen molar-refractivity contribution in [2.24, 2.45) is 0 Å². The summed E-state index contributed by atoms with van der Waals surface area (Å²) >= 11 is 0. The molecule has 0 radical (unpaired) electrons. The molecule has 94 valence electrons. The van der Waals surface area contributed by atoms with E-state index in [-0.39, 0.29) is 10.8 Å². The van der Waals surface area contributed by atoms with Gasteiger partial charge >= 0.3 is 0 Å². The zero-order valence-electron chi connectivity index (χ0n) is 9.86. The molecule has 1 aromatic rings. The lowest BCUT2D eigenvalue weighted by Gasteiger charge is -2.06. The predicted octanol–water partition coefficient (Wildman–Crippen LogP) is 0.638. The van der Waals surface area contributed by atoms with Gasteiger partial charge in [-0.25, -0.2) is 8.42 Å². The number of hydrogen-bond donors (Lipinski definition) is 2.